The average molecular weight is 323 g/mol. The standard InChI is InChI=1S/C14H8Cl2N2O3/c15-8-5-10-11(6-9(8)16)18(21)13(14(20)17-10)7-3-1-2-4-12(7)19/h1-6,21H,(H,17,20). The Morgan fingerprint density at radius 3 is 2.43 bits per heavy atom. The van der Waals surface area contributed by atoms with E-state index in [2.05, 4.69) is 5.32 Å². The molecule has 106 valence electrons. The van der Waals surface area contributed by atoms with Crippen LogP contribution in [0.3, 0.4) is 0 Å². The Morgan fingerprint density at radius 1 is 1.05 bits per heavy atom. The highest BCUT2D eigenvalue weighted by Crippen LogP contribution is 2.39. The Kier molecular flexibility index (Phi) is 3.33. The summed E-state index contributed by atoms with van der Waals surface area (Å²) < 4.78 is 0. The molecule has 0 saturated carbocycles. The second-order valence-electron chi connectivity index (χ2n) is 4.39. The second-order valence-corrected chi connectivity index (χ2v) is 5.21. The lowest BCUT2D eigenvalue weighted by Crippen LogP contribution is -2.36. The molecule has 3 rings (SSSR count). The third-order valence-electron chi connectivity index (χ3n) is 3.08. The average Bonchev–Trinajstić information content (AvgIpc) is 2.43. The summed E-state index contributed by atoms with van der Waals surface area (Å²) in [6.07, 6.45) is 5.94. The van der Waals surface area contributed by atoms with E-state index in [4.69, 9.17) is 23.2 Å². The van der Waals surface area contributed by atoms with Gasteiger partial charge in [0.2, 0.25) is 0 Å². The van der Waals surface area contributed by atoms with Crippen LogP contribution in [0.1, 0.15) is 0 Å². The molecule has 1 heterocycles. The molecule has 7 heteroatoms. The van der Waals surface area contributed by atoms with Crippen molar-refractivity contribution in [1.82, 2.24) is 0 Å². The highest BCUT2D eigenvalue weighted by molar-refractivity contribution is 6.42. The normalized spacial score (nSPS) is 20.6. The van der Waals surface area contributed by atoms with E-state index in [1.165, 1.54) is 24.3 Å². The van der Waals surface area contributed by atoms with Gasteiger partial charge in [0.1, 0.15) is 5.70 Å². The third kappa shape index (κ3) is 2.25. The number of hydroxylamine groups is 1. The zero-order valence-electron chi connectivity index (χ0n) is 10.4. The van der Waals surface area contributed by atoms with Gasteiger partial charge in [-0.25, -0.2) is 5.06 Å². The summed E-state index contributed by atoms with van der Waals surface area (Å²) in [6, 6.07) is 2.84. The van der Waals surface area contributed by atoms with Gasteiger partial charge in [-0.3, -0.25) is 14.8 Å². The van der Waals surface area contributed by atoms with Crippen LogP contribution in [0.25, 0.3) is 0 Å². The van der Waals surface area contributed by atoms with Crippen molar-refractivity contribution in [2.45, 2.75) is 0 Å². The van der Waals surface area contributed by atoms with Crippen LogP contribution in [0.15, 0.2) is 47.7 Å². The number of fused-ring (bicyclic) bond motifs is 1. The van der Waals surface area contributed by atoms with Crippen LogP contribution in [-0.4, -0.2) is 16.9 Å². The van der Waals surface area contributed by atoms with Gasteiger partial charge >= 0.3 is 0 Å². The number of allylic oxidation sites excluding steroid dienone is 5. The van der Waals surface area contributed by atoms with Crippen molar-refractivity contribution in [1.29, 1.82) is 0 Å². The lowest BCUT2D eigenvalue weighted by atomic mass is 10.0. The van der Waals surface area contributed by atoms with E-state index in [1.54, 1.807) is 12.2 Å². The van der Waals surface area contributed by atoms with Crippen LogP contribution in [-0.2, 0) is 9.59 Å². The lowest BCUT2D eigenvalue weighted by molar-refractivity contribution is -0.115. The Bertz CT molecular complexity index is 766. The van der Waals surface area contributed by atoms with Crippen molar-refractivity contribution in [3.05, 3.63) is 57.8 Å². The maximum Gasteiger partial charge on any atom is 0.275 e. The van der Waals surface area contributed by atoms with Gasteiger partial charge in [0.25, 0.3) is 5.91 Å². The molecule has 21 heavy (non-hydrogen) atoms. The van der Waals surface area contributed by atoms with E-state index in [9.17, 15) is 14.8 Å². The molecule has 0 saturated heterocycles. The largest absolute Gasteiger partial charge is 0.319 e. The number of halogens is 2. The number of anilines is 2. The molecule has 0 unspecified atom stereocenters. The Morgan fingerprint density at radius 2 is 1.71 bits per heavy atom. The summed E-state index contributed by atoms with van der Waals surface area (Å²) >= 11 is 11.8. The molecule has 5 nitrogen and oxygen atoms in total. The highest BCUT2D eigenvalue weighted by Gasteiger charge is 2.31. The highest BCUT2D eigenvalue weighted by atomic mass is 35.5. The van der Waals surface area contributed by atoms with Crippen LogP contribution in [0.2, 0.25) is 10.0 Å². The molecule has 0 radical (unpaired) electrons. The van der Waals surface area contributed by atoms with Gasteiger partial charge in [-0.1, -0.05) is 35.4 Å². The molecule has 1 aromatic carbocycles. The molecule has 0 atom stereocenters. The van der Waals surface area contributed by atoms with E-state index in [0.29, 0.717) is 10.8 Å². The summed E-state index contributed by atoms with van der Waals surface area (Å²) in [5.74, 6) is -0.975. The molecule has 2 N–H and O–H groups in total. The van der Waals surface area contributed by atoms with E-state index in [0.717, 1.165) is 0 Å². The number of hydrogen-bond acceptors (Lipinski definition) is 4. The Balaban J connectivity index is 2.18. The smallest absolute Gasteiger partial charge is 0.275 e. The van der Waals surface area contributed by atoms with E-state index < -0.39 is 5.91 Å². The molecule has 0 spiro atoms. The van der Waals surface area contributed by atoms with Crippen LogP contribution < -0.4 is 10.4 Å². The Labute approximate surface area is 129 Å². The van der Waals surface area contributed by atoms with Crippen LogP contribution in [0.5, 0.6) is 0 Å². The van der Waals surface area contributed by atoms with Crippen molar-refractivity contribution in [2.75, 3.05) is 10.4 Å². The predicted octanol–water partition coefficient (Wildman–Crippen LogP) is 3.09. The molecule has 0 aromatic heterocycles. The maximum absolute atomic E-state index is 12.2. The number of carbonyl (C=O) groups excluding carboxylic acids is 2. The molecule has 0 bridgehead atoms. The first-order valence-corrected chi connectivity index (χ1v) is 6.67. The minimum absolute atomic E-state index is 0.0919. The summed E-state index contributed by atoms with van der Waals surface area (Å²) in [4.78, 5) is 24.0. The van der Waals surface area contributed by atoms with Gasteiger partial charge in [0, 0.05) is 0 Å². The first kappa shape index (κ1) is 13.9. The fourth-order valence-electron chi connectivity index (χ4n) is 2.11. The van der Waals surface area contributed by atoms with E-state index >= 15 is 0 Å². The molecule has 1 aliphatic heterocycles. The summed E-state index contributed by atoms with van der Waals surface area (Å²) in [6.45, 7) is 0. The van der Waals surface area contributed by atoms with Gasteiger partial charge in [-0.05, 0) is 24.3 Å². The number of ketones is 1. The van der Waals surface area contributed by atoms with Crippen molar-refractivity contribution >= 4 is 46.3 Å². The fourth-order valence-corrected chi connectivity index (χ4v) is 2.43. The first-order chi connectivity index (χ1) is 9.99. The number of nitrogens with zero attached hydrogens (tertiary/aromatic N) is 1. The summed E-state index contributed by atoms with van der Waals surface area (Å²) in [7, 11) is 0. The Hall–Kier alpha value is -2.08. The van der Waals surface area contributed by atoms with Crippen LogP contribution >= 0.6 is 23.2 Å². The molecule has 0 fully saturated rings. The number of nitrogens with one attached hydrogen (secondary N) is 1. The van der Waals surface area contributed by atoms with E-state index in [1.807, 2.05) is 0 Å². The van der Waals surface area contributed by atoms with Gasteiger partial charge in [-0.2, -0.15) is 0 Å². The number of rotatable bonds is 0. The molecule has 1 aromatic rings. The topological polar surface area (TPSA) is 69.6 Å². The van der Waals surface area contributed by atoms with Crippen molar-refractivity contribution in [3.63, 3.8) is 0 Å². The van der Waals surface area contributed by atoms with Crippen molar-refractivity contribution < 1.29 is 14.8 Å². The van der Waals surface area contributed by atoms with Crippen molar-refractivity contribution in [3.8, 4) is 0 Å². The van der Waals surface area contributed by atoms with Gasteiger partial charge in [0.15, 0.2) is 5.78 Å². The van der Waals surface area contributed by atoms with Crippen molar-refractivity contribution in [2.24, 2.45) is 0 Å². The molecular formula is C14H8Cl2N2O3. The SMILES string of the molecule is O=C1C=CC=CC1=C1C(=O)Nc2cc(Cl)c(Cl)cc2N1O. The second kappa shape index (κ2) is 5.04. The fraction of sp³-hybridized carbons (Fsp3) is 0. The van der Waals surface area contributed by atoms with E-state index in [-0.39, 0.29) is 32.8 Å². The van der Waals surface area contributed by atoms with Crippen LogP contribution in [0.4, 0.5) is 11.4 Å². The predicted molar refractivity (Wildman–Crippen MR) is 79.7 cm³/mol. The number of carbonyl (C=O) groups is 2. The quantitative estimate of drug-likeness (QED) is 0.720. The minimum atomic E-state index is -0.605. The molecular weight excluding hydrogens is 315 g/mol. The monoisotopic (exact) mass is 322 g/mol. The minimum Gasteiger partial charge on any atom is -0.319 e. The van der Waals surface area contributed by atoms with Gasteiger partial charge in [0.05, 0.1) is 27.0 Å². The zero-order chi connectivity index (χ0) is 15.1. The third-order valence-corrected chi connectivity index (χ3v) is 3.81. The molecule has 1 aliphatic carbocycles. The number of hydrogen-bond donors (Lipinski definition) is 2. The molecule has 2 aliphatic rings. The van der Waals surface area contributed by atoms with Crippen LogP contribution in [0, 0.1) is 0 Å². The van der Waals surface area contributed by atoms with Gasteiger partial charge < -0.3 is 5.32 Å². The zero-order valence-corrected chi connectivity index (χ0v) is 11.9. The summed E-state index contributed by atoms with van der Waals surface area (Å²) in [5, 5.41) is 14.0. The number of amides is 1. The lowest BCUT2D eigenvalue weighted by Gasteiger charge is -2.29. The summed E-state index contributed by atoms with van der Waals surface area (Å²) in [5.41, 5.74) is 0.479. The first-order valence-electron chi connectivity index (χ1n) is 5.92. The maximum atomic E-state index is 12.2. The van der Waals surface area contributed by atoms with Gasteiger partial charge in [-0.15, -0.1) is 0 Å². The number of benzene rings is 1. The molecule has 1 amide bonds.